The van der Waals surface area contributed by atoms with E-state index < -0.39 is 11.0 Å². The highest BCUT2D eigenvalue weighted by atomic mass is 16.6. The second kappa shape index (κ2) is 5.77. The number of nitro benzene ring substituents is 1. The van der Waals surface area contributed by atoms with Gasteiger partial charge in [0.2, 0.25) is 5.91 Å². The largest absolute Gasteiger partial charge is 0.378 e. The van der Waals surface area contributed by atoms with Crippen LogP contribution in [0.15, 0.2) is 18.2 Å². The van der Waals surface area contributed by atoms with Crippen LogP contribution in [0.1, 0.15) is 5.56 Å². The van der Waals surface area contributed by atoms with Gasteiger partial charge in [0.05, 0.1) is 29.4 Å². The molecule has 0 aliphatic carbocycles. The zero-order valence-corrected chi connectivity index (χ0v) is 10.5. The molecule has 1 heterocycles. The number of benzene rings is 1. The zero-order valence-electron chi connectivity index (χ0n) is 10.5. The summed E-state index contributed by atoms with van der Waals surface area (Å²) < 4.78 is 5.20. The summed E-state index contributed by atoms with van der Waals surface area (Å²) in [5, 5.41) is 16.5. The van der Waals surface area contributed by atoms with Crippen molar-refractivity contribution in [3.63, 3.8) is 0 Å². The maximum Gasteiger partial charge on any atom is 0.274 e. The van der Waals surface area contributed by atoms with Crippen LogP contribution in [0.5, 0.6) is 0 Å². The van der Waals surface area contributed by atoms with Crippen molar-refractivity contribution < 1.29 is 14.5 Å². The number of hydrogen-bond acceptors (Lipinski definition) is 5. The highest BCUT2D eigenvalue weighted by Crippen LogP contribution is 2.25. The van der Waals surface area contributed by atoms with Crippen molar-refractivity contribution in [1.82, 2.24) is 5.32 Å². The molecule has 1 aromatic rings. The summed E-state index contributed by atoms with van der Waals surface area (Å²) >= 11 is 0. The molecule has 2 N–H and O–H groups in total. The number of morpholine rings is 1. The fraction of sp³-hybridized carbons (Fsp3) is 0.417. The third-order valence-electron chi connectivity index (χ3n) is 3.00. The lowest BCUT2D eigenvalue weighted by Crippen LogP contribution is -2.48. The summed E-state index contributed by atoms with van der Waals surface area (Å²) in [4.78, 5) is 22.3. The maximum absolute atomic E-state index is 12.0. The molecular formula is C12H15N3O4. The van der Waals surface area contributed by atoms with Crippen molar-refractivity contribution in [2.45, 2.75) is 13.0 Å². The van der Waals surface area contributed by atoms with Gasteiger partial charge < -0.3 is 15.4 Å². The van der Waals surface area contributed by atoms with Gasteiger partial charge in [0.15, 0.2) is 0 Å². The minimum Gasteiger partial charge on any atom is -0.378 e. The van der Waals surface area contributed by atoms with Gasteiger partial charge in [0, 0.05) is 12.6 Å². The summed E-state index contributed by atoms with van der Waals surface area (Å²) in [6, 6.07) is 4.18. The fourth-order valence-corrected chi connectivity index (χ4v) is 1.91. The van der Waals surface area contributed by atoms with Crippen LogP contribution < -0.4 is 10.6 Å². The summed E-state index contributed by atoms with van der Waals surface area (Å²) in [5.41, 5.74) is 0.884. The fourth-order valence-electron chi connectivity index (χ4n) is 1.91. The van der Waals surface area contributed by atoms with E-state index in [1.807, 2.05) is 0 Å². The number of ether oxygens (including phenoxy) is 1. The smallest absolute Gasteiger partial charge is 0.274 e. The second-order valence-electron chi connectivity index (χ2n) is 4.28. The lowest BCUT2D eigenvalue weighted by atomic mass is 10.1. The Hall–Kier alpha value is -1.99. The minimum atomic E-state index is -0.465. The highest BCUT2D eigenvalue weighted by Gasteiger charge is 2.22. The molecule has 1 saturated heterocycles. The van der Waals surface area contributed by atoms with Crippen molar-refractivity contribution >= 4 is 17.3 Å². The average molecular weight is 265 g/mol. The topological polar surface area (TPSA) is 93.5 Å². The first-order valence-corrected chi connectivity index (χ1v) is 5.95. The van der Waals surface area contributed by atoms with Gasteiger partial charge in [0.25, 0.3) is 5.69 Å². The molecule has 1 unspecified atom stereocenters. The molecular weight excluding hydrogens is 250 g/mol. The number of nitrogens with zero attached hydrogens (tertiary/aromatic N) is 1. The Bertz CT molecular complexity index is 498. The van der Waals surface area contributed by atoms with Gasteiger partial charge in [-0.25, -0.2) is 0 Å². The van der Waals surface area contributed by atoms with Gasteiger partial charge in [-0.1, -0.05) is 6.07 Å². The van der Waals surface area contributed by atoms with Gasteiger partial charge in [-0.15, -0.1) is 0 Å². The molecule has 0 radical (unpaired) electrons. The standard InChI is InChI=1S/C12H15N3O4/c1-8-9(3-2-4-11(8)15(17)18)14-12(16)10-7-19-6-5-13-10/h2-4,10,13H,5-7H2,1H3,(H,14,16). The second-order valence-corrected chi connectivity index (χ2v) is 4.28. The zero-order chi connectivity index (χ0) is 13.8. The first-order valence-electron chi connectivity index (χ1n) is 5.95. The molecule has 1 aromatic carbocycles. The van der Waals surface area contributed by atoms with E-state index in [4.69, 9.17) is 4.74 Å². The number of carbonyl (C=O) groups excluding carboxylic acids is 1. The Balaban J connectivity index is 2.12. The number of nitrogens with one attached hydrogen (secondary N) is 2. The van der Waals surface area contributed by atoms with E-state index in [0.717, 1.165) is 0 Å². The molecule has 0 spiro atoms. The Morgan fingerprint density at radius 2 is 2.37 bits per heavy atom. The molecule has 1 aliphatic heterocycles. The quantitative estimate of drug-likeness (QED) is 0.623. The van der Waals surface area contributed by atoms with E-state index in [9.17, 15) is 14.9 Å². The molecule has 2 rings (SSSR count). The van der Waals surface area contributed by atoms with Crippen molar-refractivity contribution in [2.75, 3.05) is 25.1 Å². The third kappa shape index (κ3) is 3.07. The Kier molecular flexibility index (Phi) is 4.08. The third-order valence-corrected chi connectivity index (χ3v) is 3.00. The lowest BCUT2D eigenvalue weighted by Gasteiger charge is -2.23. The molecule has 0 aromatic heterocycles. The Morgan fingerprint density at radius 1 is 1.58 bits per heavy atom. The van der Waals surface area contributed by atoms with Crippen LogP contribution in [0.2, 0.25) is 0 Å². The van der Waals surface area contributed by atoms with Gasteiger partial charge in [-0.3, -0.25) is 14.9 Å². The highest BCUT2D eigenvalue weighted by molar-refractivity contribution is 5.96. The summed E-state index contributed by atoms with van der Waals surface area (Å²) in [5.74, 6) is -0.247. The van der Waals surface area contributed by atoms with Crippen LogP contribution in [0.4, 0.5) is 11.4 Å². The van der Waals surface area contributed by atoms with Crippen molar-refractivity contribution in [1.29, 1.82) is 0 Å². The number of amides is 1. The lowest BCUT2D eigenvalue weighted by molar-refractivity contribution is -0.385. The number of rotatable bonds is 3. The SMILES string of the molecule is Cc1c(NC(=O)C2COCCN2)cccc1[N+](=O)[O-]. The van der Waals surface area contributed by atoms with Crippen LogP contribution >= 0.6 is 0 Å². The van der Waals surface area contributed by atoms with Gasteiger partial charge in [-0.05, 0) is 13.0 Å². The van der Waals surface area contributed by atoms with E-state index in [-0.39, 0.29) is 11.6 Å². The molecule has 1 amide bonds. The number of hydrogen-bond donors (Lipinski definition) is 2. The number of nitro groups is 1. The molecule has 19 heavy (non-hydrogen) atoms. The van der Waals surface area contributed by atoms with Crippen LogP contribution in [0.25, 0.3) is 0 Å². The number of carbonyl (C=O) groups is 1. The van der Waals surface area contributed by atoms with Crippen molar-refractivity contribution in [3.05, 3.63) is 33.9 Å². The Labute approximate surface area is 110 Å². The molecule has 0 saturated carbocycles. The van der Waals surface area contributed by atoms with E-state index in [1.54, 1.807) is 19.1 Å². The molecule has 1 atom stereocenters. The van der Waals surface area contributed by atoms with E-state index in [0.29, 0.717) is 31.0 Å². The first kappa shape index (κ1) is 13.4. The molecule has 1 aliphatic rings. The van der Waals surface area contributed by atoms with E-state index >= 15 is 0 Å². The predicted octanol–water partition coefficient (Wildman–Crippen LogP) is 0.830. The first-order chi connectivity index (χ1) is 9.09. The summed E-state index contributed by atoms with van der Waals surface area (Å²) in [6.45, 7) is 3.12. The van der Waals surface area contributed by atoms with Crippen LogP contribution in [0, 0.1) is 17.0 Å². The predicted molar refractivity (Wildman–Crippen MR) is 69.1 cm³/mol. The van der Waals surface area contributed by atoms with Crippen LogP contribution in [-0.4, -0.2) is 36.6 Å². The average Bonchev–Trinajstić information content (AvgIpc) is 2.41. The molecule has 102 valence electrons. The van der Waals surface area contributed by atoms with E-state index in [1.165, 1.54) is 6.07 Å². The van der Waals surface area contributed by atoms with Crippen molar-refractivity contribution in [2.24, 2.45) is 0 Å². The Morgan fingerprint density at radius 3 is 3.00 bits per heavy atom. The minimum absolute atomic E-state index is 0.00865. The van der Waals surface area contributed by atoms with Gasteiger partial charge >= 0.3 is 0 Å². The monoisotopic (exact) mass is 265 g/mol. The summed E-state index contributed by atoms with van der Waals surface area (Å²) in [6.07, 6.45) is 0. The molecule has 7 nitrogen and oxygen atoms in total. The maximum atomic E-state index is 12.0. The number of anilines is 1. The summed E-state index contributed by atoms with van der Waals surface area (Å²) in [7, 11) is 0. The van der Waals surface area contributed by atoms with Gasteiger partial charge in [-0.2, -0.15) is 0 Å². The van der Waals surface area contributed by atoms with E-state index in [2.05, 4.69) is 10.6 Å². The molecule has 0 bridgehead atoms. The van der Waals surface area contributed by atoms with Gasteiger partial charge in [0.1, 0.15) is 6.04 Å². The van der Waals surface area contributed by atoms with Crippen molar-refractivity contribution in [3.8, 4) is 0 Å². The van der Waals surface area contributed by atoms with Crippen LogP contribution in [0.3, 0.4) is 0 Å². The normalized spacial score (nSPS) is 18.9. The van der Waals surface area contributed by atoms with Crippen LogP contribution in [-0.2, 0) is 9.53 Å². The molecule has 7 heteroatoms. The molecule has 1 fully saturated rings.